The van der Waals surface area contributed by atoms with Crippen LogP contribution in [0.5, 0.6) is 0 Å². The van der Waals surface area contributed by atoms with E-state index in [9.17, 15) is 5.11 Å². The molecule has 0 bridgehead atoms. The smallest absolute Gasteiger partial charge is 0.0697 e. The van der Waals surface area contributed by atoms with Gasteiger partial charge in [-0.3, -0.25) is 0 Å². The molecule has 17 heavy (non-hydrogen) atoms. The number of hydrogen-bond acceptors (Lipinski definition) is 3. The standard InChI is InChI=1S/C14H27NO2/c1-11(2)13(10-16)15-12-5-8-17-14(9-12)6-3-4-7-14/h11-13,15-16H,3-10H2,1-2H3. The predicted octanol–water partition coefficient (Wildman–Crippen LogP) is 2.08. The highest BCUT2D eigenvalue weighted by Gasteiger charge is 2.40. The van der Waals surface area contributed by atoms with Crippen molar-refractivity contribution in [1.29, 1.82) is 0 Å². The molecule has 2 N–H and O–H groups in total. The molecule has 2 fully saturated rings. The van der Waals surface area contributed by atoms with Gasteiger partial charge in [0.25, 0.3) is 0 Å². The summed E-state index contributed by atoms with van der Waals surface area (Å²) in [6.45, 7) is 5.45. The first-order valence-corrected chi connectivity index (χ1v) is 7.16. The van der Waals surface area contributed by atoms with E-state index >= 15 is 0 Å². The Kier molecular flexibility index (Phi) is 4.45. The maximum Gasteiger partial charge on any atom is 0.0697 e. The molecule has 2 unspecified atom stereocenters. The first-order chi connectivity index (χ1) is 8.15. The molecule has 1 heterocycles. The van der Waals surface area contributed by atoms with Gasteiger partial charge in [-0.2, -0.15) is 0 Å². The normalized spacial score (nSPS) is 30.0. The topological polar surface area (TPSA) is 41.5 Å². The molecular formula is C14H27NO2. The van der Waals surface area contributed by atoms with Crippen LogP contribution in [0.15, 0.2) is 0 Å². The lowest BCUT2D eigenvalue weighted by atomic mass is 9.88. The zero-order chi connectivity index (χ0) is 12.3. The molecule has 0 aromatic carbocycles. The Balaban J connectivity index is 1.88. The van der Waals surface area contributed by atoms with E-state index in [2.05, 4.69) is 19.2 Å². The average molecular weight is 241 g/mol. The summed E-state index contributed by atoms with van der Waals surface area (Å²) >= 11 is 0. The molecule has 0 radical (unpaired) electrons. The van der Waals surface area contributed by atoms with Crippen molar-refractivity contribution < 1.29 is 9.84 Å². The van der Waals surface area contributed by atoms with E-state index in [1.54, 1.807) is 0 Å². The molecule has 0 amide bonds. The Hall–Kier alpha value is -0.120. The highest BCUT2D eigenvalue weighted by atomic mass is 16.5. The molecule has 3 heteroatoms. The van der Waals surface area contributed by atoms with Crippen molar-refractivity contribution in [3.8, 4) is 0 Å². The maximum absolute atomic E-state index is 9.39. The second-order valence-corrected chi connectivity index (χ2v) is 6.13. The average Bonchev–Trinajstić information content (AvgIpc) is 2.74. The second kappa shape index (κ2) is 5.68. The van der Waals surface area contributed by atoms with Gasteiger partial charge in [0, 0.05) is 18.7 Å². The Bertz CT molecular complexity index is 236. The summed E-state index contributed by atoms with van der Waals surface area (Å²) in [6.07, 6.45) is 7.33. The third-order valence-corrected chi connectivity index (χ3v) is 4.46. The molecule has 1 spiro atoms. The van der Waals surface area contributed by atoms with Crippen LogP contribution in [0.1, 0.15) is 52.4 Å². The third kappa shape index (κ3) is 3.21. The number of nitrogens with one attached hydrogen (secondary N) is 1. The van der Waals surface area contributed by atoms with Crippen molar-refractivity contribution in [2.45, 2.75) is 70.1 Å². The van der Waals surface area contributed by atoms with E-state index in [0.29, 0.717) is 12.0 Å². The highest BCUT2D eigenvalue weighted by molar-refractivity contribution is 4.94. The summed E-state index contributed by atoms with van der Waals surface area (Å²) < 4.78 is 6.03. The fourth-order valence-corrected chi connectivity index (χ4v) is 3.30. The van der Waals surface area contributed by atoms with Crippen molar-refractivity contribution in [2.75, 3.05) is 13.2 Å². The van der Waals surface area contributed by atoms with Gasteiger partial charge >= 0.3 is 0 Å². The Morgan fingerprint density at radius 1 is 1.35 bits per heavy atom. The van der Waals surface area contributed by atoms with Gasteiger partial charge in [-0.05, 0) is 31.6 Å². The van der Waals surface area contributed by atoms with Crippen LogP contribution in [0, 0.1) is 5.92 Å². The summed E-state index contributed by atoms with van der Waals surface area (Å²) in [5.74, 6) is 0.488. The van der Waals surface area contributed by atoms with Crippen molar-refractivity contribution in [1.82, 2.24) is 5.32 Å². The number of hydrogen-bond donors (Lipinski definition) is 2. The van der Waals surface area contributed by atoms with Crippen LogP contribution in [0.25, 0.3) is 0 Å². The van der Waals surface area contributed by atoms with E-state index in [0.717, 1.165) is 19.4 Å². The number of rotatable bonds is 4. The quantitative estimate of drug-likeness (QED) is 0.792. The van der Waals surface area contributed by atoms with Crippen LogP contribution in [-0.4, -0.2) is 36.0 Å². The molecule has 100 valence electrons. The monoisotopic (exact) mass is 241 g/mol. The Morgan fingerprint density at radius 2 is 2.06 bits per heavy atom. The summed E-state index contributed by atoms with van der Waals surface area (Å²) in [4.78, 5) is 0. The van der Waals surface area contributed by atoms with Crippen LogP contribution in [0.2, 0.25) is 0 Å². The van der Waals surface area contributed by atoms with Gasteiger partial charge in [-0.1, -0.05) is 26.7 Å². The first kappa shape index (κ1) is 13.3. The van der Waals surface area contributed by atoms with Gasteiger partial charge in [0.2, 0.25) is 0 Å². The van der Waals surface area contributed by atoms with E-state index in [1.807, 2.05) is 0 Å². The minimum atomic E-state index is 0.174. The summed E-state index contributed by atoms with van der Waals surface area (Å²) in [5.41, 5.74) is 0.174. The Labute approximate surface area is 105 Å². The fourth-order valence-electron chi connectivity index (χ4n) is 3.30. The lowest BCUT2D eigenvalue weighted by Crippen LogP contribution is -2.51. The summed E-state index contributed by atoms with van der Waals surface area (Å²) in [7, 11) is 0. The van der Waals surface area contributed by atoms with Crippen LogP contribution in [0.4, 0.5) is 0 Å². The largest absolute Gasteiger partial charge is 0.395 e. The van der Waals surface area contributed by atoms with Crippen molar-refractivity contribution >= 4 is 0 Å². The van der Waals surface area contributed by atoms with Crippen LogP contribution in [-0.2, 0) is 4.74 Å². The molecular weight excluding hydrogens is 214 g/mol. The van der Waals surface area contributed by atoms with Gasteiger partial charge < -0.3 is 15.2 Å². The van der Waals surface area contributed by atoms with Crippen LogP contribution < -0.4 is 5.32 Å². The molecule has 1 aliphatic heterocycles. The van der Waals surface area contributed by atoms with Gasteiger partial charge in [-0.15, -0.1) is 0 Å². The van der Waals surface area contributed by atoms with Gasteiger partial charge in [0.1, 0.15) is 0 Å². The van der Waals surface area contributed by atoms with E-state index in [4.69, 9.17) is 4.74 Å². The van der Waals surface area contributed by atoms with E-state index in [-0.39, 0.29) is 18.2 Å². The lowest BCUT2D eigenvalue weighted by molar-refractivity contribution is -0.0859. The number of aliphatic hydroxyl groups excluding tert-OH is 1. The van der Waals surface area contributed by atoms with Crippen LogP contribution in [0.3, 0.4) is 0 Å². The lowest BCUT2D eigenvalue weighted by Gasteiger charge is -2.40. The third-order valence-electron chi connectivity index (χ3n) is 4.46. The molecule has 3 nitrogen and oxygen atoms in total. The number of ether oxygens (including phenoxy) is 1. The first-order valence-electron chi connectivity index (χ1n) is 7.16. The molecule has 1 aliphatic carbocycles. The fraction of sp³-hybridized carbons (Fsp3) is 1.00. The predicted molar refractivity (Wildman–Crippen MR) is 69.0 cm³/mol. The molecule has 0 aromatic rings. The van der Waals surface area contributed by atoms with E-state index in [1.165, 1.54) is 25.7 Å². The van der Waals surface area contributed by atoms with Gasteiger partial charge in [0.15, 0.2) is 0 Å². The Morgan fingerprint density at radius 3 is 2.65 bits per heavy atom. The molecule has 2 atom stereocenters. The summed E-state index contributed by atoms with van der Waals surface area (Å²) in [6, 6.07) is 0.762. The van der Waals surface area contributed by atoms with Crippen LogP contribution >= 0.6 is 0 Å². The zero-order valence-electron chi connectivity index (χ0n) is 11.2. The van der Waals surface area contributed by atoms with Crippen molar-refractivity contribution in [3.05, 3.63) is 0 Å². The number of aliphatic hydroxyl groups is 1. The minimum Gasteiger partial charge on any atom is -0.395 e. The zero-order valence-corrected chi connectivity index (χ0v) is 11.2. The van der Waals surface area contributed by atoms with Gasteiger partial charge in [0.05, 0.1) is 12.2 Å². The highest BCUT2D eigenvalue weighted by Crippen LogP contribution is 2.40. The maximum atomic E-state index is 9.39. The van der Waals surface area contributed by atoms with Crippen molar-refractivity contribution in [2.24, 2.45) is 5.92 Å². The SMILES string of the molecule is CC(C)C(CO)NC1CCOC2(CCCC2)C1. The molecule has 0 aromatic heterocycles. The summed E-state index contributed by atoms with van der Waals surface area (Å²) in [5, 5.41) is 13.0. The second-order valence-electron chi connectivity index (χ2n) is 6.13. The minimum absolute atomic E-state index is 0.174. The van der Waals surface area contributed by atoms with E-state index < -0.39 is 0 Å². The molecule has 2 rings (SSSR count). The van der Waals surface area contributed by atoms with Crippen molar-refractivity contribution in [3.63, 3.8) is 0 Å². The van der Waals surface area contributed by atoms with Gasteiger partial charge in [-0.25, -0.2) is 0 Å². The molecule has 1 saturated carbocycles. The molecule has 2 aliphatic rings. The molecule has 1 saturated heterocycles.